The second-order valence-corrected chi connectivity index (χ2v) is 9.07. The minimum absolute atomic E-state index is 0.0512. The molecule has 2 atom stereocenters. The first-order valence-electron chi connectivity index (χ1n) is 10.8. The van der Waals surface area contributed by atoms with Crippen molar-refractivity contribution in [3.63, 3.8) is 0 Å². The molecule has 0 aliphatic rings. The van der Waals surface area contributed by atoms with Gasteiger partial charge in [-0.3, -0.25) is 9.59 Å². The fourth-order valence-electron chi connectivity index (χ4n) is 3.01. The van der Waals surface area contributed by atoms with Crippen LogP contribution in [0.15, 0.2) is 53.0 Å². The lowest BCUT2D eigenvalue weighted by atomic mass is 10.0. The van der Waals surface area contributed by atoms with Crippen LogP contribution in [0.3, 0.4) is 0 Å². The molecule has 0 fully saturated rings. The van der Waals surface area contributed by atoms with Gasteiger partial charge in [0.25, 0.3) is 5.91 Å². The highest BCUT2D eigenvalue weighted by molar-refractivity contribution is 9.10. The molecular weight excluding hydrogens is 456 g/mol. The summed E-state index contributed by atoms with van der Waals surface area (Å²) < 4.78 is 6.70. The van der Waals surface area contributed by atoms with Gasteiger partial charge in [0.2, 0.25) is 5.91 Å². The summed E-state index contributed by atoms with van der Waals surface area (Å²) in [5.74, 6) is 0.670. The van der Waals surface area contributed by atoms with Crippen molar-refractivity contribution in [3.8, 4) is 5.75 Å². The molecule has 2 rings (SSSR count). The molecule has 1 N–H and O–H groups in total. The van der Waals surface area contributed by atoms with Gasteiger partial charge in [0, 0.05) is 17.1 Å². The van der Waals surface area contributed by atoms with E-state index in [0.29, 0.717) is 18.2 Å². The van der Waals surface area contributed by atoms with E-state index in [1.807, 2.05) is 62.4 Å². The highest BCUT2D eigenvalue weighted by atomic mass is 79.9. The standard InChI is InChI=1S/C25H33BrN2O3/c1-6-18(4)27-25(30)19(5)28(15-20-7-11-22(26)12-8-20)24(29)16-31-23-13-9-21(10-14-23)17(2)3/h7-14,17-19H,6,15-16H2,1-5H3,(H,27,30)/t18-,19-/m1/s1. The first-order valence-corrected chi connectivity index (χ1v) is 11.6. The average molecular weight is 489 g/mol. The highest BCUT2D eigenvalue weighted by Crippen LogP contribution is 2.19. The van der Waals surface area contributed by atoms with Crippen LogP contribution in [-0.4, -0.2) is 35.4 Å². The van der Waals surface area contributed by atoms with Crippen molar-refractivity contribution in [1.82, 2.24) is 10.2 Å². The van der Waals surface area contributed by atoms with Gasteiger partial charge < -0.3 is 15.0 Å². The van der Waals surface area contributed by atoms with Crippen molar-refractivity contribution in [1.29, 1.82) is 0 Å². The number of carbonyl (C=O) groups is 2. The zero-order valence-electron chi connectivity index (χ0n) is 19.0. The lowest BCUT2D eigenvalue weighted by Crippen LogP contribution is -2.50. The van der Waals surface area contributed by atoms with Gasteiger partial charge in [-0.15, -0.1) is 0 Å². The number of amides is 2. The minimum atomic E-state index is -0.614. The molecule has 0 unspecified atom stereocenters. The van der Waals surface area contributed by atoms with Crippen molar-refractivity contribution in [2.75, 3.05) is 6.61 Å². The molecular formula is C25H33BrN2O3. The van der Waals surface area contributed by atoms with E-state index in [9.17, 15) is 9.59 Å². The Hall–Kier alpha value is -2.34. The summed E-state index contributed by atoms with van der Waals surface area (Å²) in [6.45, 7) is 10.2. The van der Waals surface area contributed by atoms with Crippen LogP contribution >= 0.6 is 15.9 Å². The van der Waals surface area contributed by atoms with E-state index < -0.39 is 6.04 Å². The molecule has 0 saturated heterocycles. The second-order valence-electron chi connectivity index (χ2n) is 8.15. The number of hydrogen-bond acceptors (Lipinski definition) is 3. The first kappa shape index (κ1) is 24.9. The number of hydrogen-bond donors (Lipinski definition) is 1. The molecule has 0 radical (unpaired) electrons. The van der Waals surface area contributed by atoms with Crippen molar-refractivity contribution in [3.05, 3.63) is 64.1 Å². The molecule has 0 aromatic heterocycles. The highest BCUT2D eigenvalue weighted by Gasteiger charge is 2.27. The number of rotatable bonds is 10. The summed E-state index contributed by atoms with van der Waals surface area (Å²) in [5, 5.41) is 2.97. The second kappa shape index (κ2) is 11.9. The number of benzene rings is 2. The van der Waals surface area contributed by atoms with Crippen LogP contribution in [-0.2, 0) is 16.1 Å². The molecule has 0 heterocycles. The Kier molecular flexibility index (Phi) is 9.56. The zero-order chi connectivity index (χ0) is 23.0. The Morgan fingerprint density at radius 3 is 2.16 bits per heavy atom. The number of carbonyl (C=O) groups excluding carboxylic acids is 2. The maximum absolute atomic E-state index is 13.1. The third-order valence-electron chi connectivity index (χ3n) is 5.34. The van der Waals surface area contributed by atoms with Gasteiger partial charge in [-0.05, 0) is 61.6 Å². The van der Waals surface area contributed by atoms with Crippen molar-refractivity contribution < 1.29 is 14.3 Å². The molecule has 5 nitrogen and oxygen atoms in total. The van der Waals surface area contributed by atoms with E-state index in [-0.39, 0.29) is 24.5 Å². The number of nitrogens with zero attached hydrogens (tertiary/aromatic N) is 1. The molecule has 0 bridgehead atoms. The maximum Gasteiger partial charge on any atom is 0.261 e. The first-order chi connectivity index (χ1) is 14.7. The fourth-order valence-corrected chi connectivity index (χ4v) is 3.28. The summed E-state index contributed by atoms with van der Waals surface area (Å²) in [7, 11) is 0. The van der Waals surface area contributed by atoms with Gasteiger partial charge >= 0.3 is 0 Å². The van der Waals surface area contributed by atoms with E-state index in [4.69, 9.17) is 4.74 Å². The summed E-state index contributed by atoms with van der Waals surface area (Å²) in [4.78, 5) is 27.4. The van der Waals surface area contributed by atoms with Crippen molar-refractivity contribution in [2.24, 2.45) is 0 Å². The van der Waals surface area contributed by atoms with E-state index in [1.165, 1.54) is 5.56 Å². The Balaban J connectivity index is 2.12. The van der Waals surface area contributed by atoms with Gasteiger partial charge in [-0.25, -0.2) is 0 Å². The van der Waals surface area contributed by atoms with Crippen LogP contribution in [0.25, 0.3) is 0 Å². The smallest absolute Gasteiger partial charge is 0.261 e. The quantitative estimate of drug-likeness (QED) is 0.494. The third kappa shape index (κ3) is 7.69. The van der Waals surface area contributed by atoms with Gasteiger partial charge in [-0.1, -0.05) is 61.0 Å². The predicted octanol–water partition coefficient (Wildman–Crippen LogP) is 5.28. The summed E-state index contributed by atoms with van der Waals surface area (Å²) >= 11 is 3.43. The van der Waals surface area contributed by atoms with Crippen LogP contribution in [0.2, 0.25) is 0 Å². The molecule has 0 saturated carbocycles. The molecule has 2 aromatic carbocycles. The monoisotopic (exact) mass is 488 g/mol. The Labute approximate surface area is 194 Å². The molecule has 0 aliphatic carbocycles. The fraction of sp³-hybridized carbons (Fsp3) is 0.440. The van der Waals surface area contributed by atoms with Crippen LogP contribution in [0.4, 0.5) is 0 Å². The third-order valence-corrected chi connectivity index (χ3v) is 5.87. The van der Waals surface area contributed by atoms with Gasteiger partial charge in [0.05, 0.1) is 0 Å². The molecule has 168 valence electrons. The Bertz CT molecular complexity index is 850. The van der Waals surface area contributed by atoms with Crippen LogP contribution in [0.1, 0.15) is 58.1 Å². The van der Waals surface area contributed by atoms with Crippen LogP contribution in [0.5, 0.6) is 5.75 Å². The van der Waals surface area contributed by atoms with Gasteiger partial charge in [0.1, 0.15) is 11.8 Å². The maximum atomic E-state index is 13.1. The summed E-state index contributed by atoms with van der Waals surface area (Å²) in [5.41, 5.74) is 2.16. The van der Waals surface area contributed by atoms with Crippen LogP contribution < -0.4 is 10.1 Å². The summed E-state index contributed by atoms with van der Waals surface area (Å²) in [6.07, 6.45) is 0.828. The van der Waals surface area contributed by atoms with Gasteiger partial charge in [0.15, 0.2) is 6.61 Å². The molecule has 0 aliphatic heterocycles. The molecule has 31 heavy (non-hydrogen) atoms. The minimum Gasteiger partial charge on any atom is -0.484 e. The van der Waals surface area contributed by atoms with Crippen molar-refractivity contribution in [2.45, 2.75) is 65.6 Å². The zero-order valence-corrected chi connectivity index (χ0v) is 20.6. The molecule has 0 spiro atoms. The van der Waals surface area contributed by atoms with Crippen LogP contribution in [0, 0.1) is 0 Å². The lowest BCUT2D eigenvalue weighted by molar-refractivity contribution is -0.142. The average Bonchev–Trinajstić information content (AvgIpc) is 2.76. The lowest BCUT2D eigenvalue weighted by Gasteiger charge is -2.29. The normalized spacial score (nSPS) is 12.9. The van der Waals surface area contributed by atoms with Crippen molar-refractivity contribution >= 4 is 27.7 Å². The SMILES string of the molecule is CC[C@@H](C)NC(=O)[C@@H](C)N(Cc1ccc(Br)cc1)C(=O)COc1ccc(C(C)C)cc1. The number of ether oxygens (including phenoxy) is 1. The Morgan fingerprint density at radius 2 is 1.61 bits per heavy atom. The molecule has 2 amide bonds. The Morgan fingerprint density at radius 1 is 1.00 bits per heavy atom. The topological polar surface area (TPSA) is 58.6 Å². The predicted molar refractivity (Wildman–Crippen MR) is 128 cm³/mol. The van der Waals surface area contributed by atoms with E-state index in [2.05, 4.69) is 35.1 Å². The molecule has 6 heteroatoms. The van der Waals surface area contributed by atoms with E-state index in [0.717, 1.165) is 16.5 Å². The van der Waals surface area contributed by atoms with E-state index in [1.54, 1.807) is 11.8 Å². The number of halogens is 1. The largest absolute Gasteiger partial charge is 0.484 e. The van der Waals surface area contributed by atoms with E-state index >= 15 is 0 Å². The van der Waals surface area contributed by atoms with Gasteiger partial charge in [-0.2, -0.15) is 0 Å². The molecule has 2 aromatic rings. The number of nitrogens with one attached hydrogen (secondary N) is 1. The summed E-state index contributed by atoms with van der Waals surface area (Å²) in [6, 6.07) is 14.9.